The van der Waals surface area contributed by atoms with Crippen LogP contribution >= 0.6 is 0 Å². The van der Waals surface area contributed by atoms with Crippen molar-refractivity contribution in [3.05, 3.63) is 53.3 Å². The number of piperazine rings is 1. The Kier molecular flexibility index (Phi) is 5.14. The fourth-order valence-electron chi connectivity index (χ4n) is 2.91. The molecule has 3 rings (SSSR count). The number of carboxylic acid groups (broad SMARTS) is 1. The Bertz CT molecular complexity index is 746. The molecule has 1 aromatic heterocycles. The van der Waals surface area contributed by atoms with E-state index in [9.17, 15) is 9.59 Å². The van der Waals surface area contributed by atoms with Crippen LogP contribution in [0.15, 0.2) is 36.7 Å². The molecule has 132 valence electrons. The normalized spacial score (nSPS) is 15.3. The van der Waals surface area contributed by atoms with Crippen LogP contribution in [0, 0.1) is 6.92 Å². The lowest BCUT2D eigenvalue weighted by atomic mass is 10.1. The number of rotatable bonds is 5. The van der Waals surface area contributed by atoms with Crippen LogP contribution in [-0.2, 0) is 17.9 Å². The summed E-state index contributed by atoms with van der Waals surface area (Å²) in [6.07, 6.45) is 2.64. The summed E-state index contributed by atoms with van der Waals surface area (Å²) in [5.74, 6) is -1.07. The summed E-state index contributed by atoms with van der Waals surface area (Å²) in [6.45, 7) is 6.07. The van der Waals surface area contributed by atoms with E-state index in [0.29, 0.717) is 13.1 Å². The van der Waals surface area contributed by atoms with Gasteiger partial charge in [-0.05, 0) is 12.5 Å². The van der Waals surface area contributed by atoms with E-state index in [1.165, 1.54) is 28.2 Å². The van der Waals surface area contributed by atoms with Gasteiger partial charge in [-0.25, -0.2) is 4.79 Å². The Morgan fingerprint density at radius 2 is 1.80 bits per heavy atom. The predicted octanol–water partition coefficient (Wildman–Crippen LogP) is 1.23. The topological polar surface area (TPSA) is 78.7 Å². The quantitative estimate of drug-likeness (QED) is 0.884. The zero-order valence-corrected chi connectivity index (χ0v) is 14.3. The van der Waals surface area contributed by atoms with E-state index in [1.54, 1.807) is 0 Å². The van der Waals surface area contributed by atoms with Crippen LogP contribution in [0.5, 0.6) is 0 Å². The van der Waals surface area contributed by atoms with Gasteiger partial charge in [0.2, 0.25) is 5.91 Å². The average molecular weight is 342 g/mol. The van der Waals surface area contributed by atoms with Gasteiger partial charge < -0.3 is 10.0 Å². The molecule has 1 aliphatic heterocycles. The van der Waals surface area contributed by atoms with E-state index in [4.69, 9.17) is 5.11 Å². The number of nitrogens with zero attached hydrogens (tertiary/aromatic N) is 4. The second kappa shape index (κ2) is 7.48. The molecule has 0 unspecified atom stereocenters. The van der Waals surface area contributed by atoms with Crippen LogP contribution in [0.3, 0.4) is 0 Å². The highest BCUT2D eigenvalue weighted by Gasteiger charge is 2.21. The summed E-state index contributed by atoms with van der Waals surface area (Å²) in [4.78, 5) is 27.4. The Morgan fingerprint density at radius 1 is 1.12 bits per heavy atom. The molecule has 1 saturated heterocycles. The molecular formula is C18H22N4O3. The maximum Gasteiger partial charge on any atom is 0.338 e. The summed E-state index contributed by atoms with van der Waals surface area (Å²) in [5, 5.41) is 12.8. The number of aromatic carboxylic acids is 1. The van der Waals surface area contributed by atoms with E-state index in [0.717, 1.165) is 19.6 Å². The van der Waals surface area contributed by atoms with Gasteiger partial charge in [0.05, 0.1) is 11.8 Å². The van der Waals surface area contributed by atoms with Crippen molar-refractivity contribution < 1.29 is 14.7 Å². The second-order valence-corrected chi connectivity index (χ2v) is 6.37. The number of carboxylic acids is 1. The average Bonchev–Trinajstić information content (AvgIpc) is 3.06. The number of benzene rings is 1. The summed E-state index contributed by atoms with van der Waals surface area (Å²) < 4.78 is 1.38. The van der Waals surface area contributed by atoms with Crippen molar-refractivity contribution in [1.82, 2.24) is 19.6 Å². The van der Waals surface area contributed by atoms with Crippen LogP contribution in [0.1, 0.15) is 21.5 Å². The zero-order chi connectivity index (χ0) is 17.8. The molecule has 1 aromatic carbocycles. The highest BCUT2D eigenvalue weighted by atomic mass is 16.4. The molecule has 0 spiro atoms. The first kappa shape index (κ1) is 17.2. The number of amides is 1. The van der Waals surface area contributed by atoms with Crippen molar-refractivity contribution in [2.75, 3.05) is 26.2 Å². The summed E-state index contributed by atoms with van der Waals surface area (Å²) in [7, 11) is 0. The molecule has 7 heteroatoms. The van der Waals surface area contributed by atoms with Crippen LogP contribution in [-0.4, -0.2) is 62.7 Å². The first-order valence-corrected chi connectivity index (χ1v) is 8.33. The van der Waals surface area contributed by atoms with Crippen molar-refractivity contribution in [2.45, 2.75) is 20.0 Å². The van der Waals surface area contributed by atoms with Gasteiger partial charge >= 0.3 is 5.97 Å². The zero-order valence-electron chi connectivity index (χ0n) is 14.3. The SMILES string of the molecule is Cc1ccc(CN2CCN(C(=O)Cn3cc(C(=O)O)cn3)CC2)cc1. The Morgan fingerprint density at radius 3 is 2.40 bits per heavy atom. The smallest absolute Gasteiger partial charge is 0.338 e. The van der Waals surface area contributed by atoms with Crippen LogP contribution in [0.4, 0.5) is 0 Å². The number of aromatic nitrogens is 2. The largest absolute Gasteiger partial charge is 0.478 e. The molecule has 1 aliphatic rings. The number of hydrogen-bond donors (Lipinski definition) is 1. The van der Waals surface area contributed by atoms with Crippen molar-refractivity contribution in [1.29, 1.82) is 0 Å². The summed E-state index contributed by atoms with van der Waals surface area (Å²) in [6, 6.07) is 8.52. The molecular weight excluding hydrogens is 320 g/mol. The first-order valence-electron chi connectivity index (χ1n) is 8.33. The van der Waals surface area contributed by atoms with Gasteiger partial charge in [-0.2, -0.15) is 5.10 Å². The molecule has 0 aliphatic carbocycles. The van der Waals surface area contributed by atoms with Gasteiger partial charge in [0.15, 0.2) is 0 Å². The molecule has 2 heterocycles. The van der Waals surface area contributed by atoms with Crippen LogP contribution in [0.2, 0.25) is 0 Å². The number of hydrogen-bond acceptors (Lipinski definition) is 4. The van der Waals surface area contributed by atoms with E-state index in [-0.39, 0.29) is 18.0 Å². The lowest BCUT2D eigenvalue weighted by Gasteiger charge is -2.34. The van der Waals surface area contributed by atoms with Crippen molar-refractivity contribution in [2.24, 2.45) is 0 Å². The van der Waals surface area contributed by atoms with Crippen molar-refractivity contribution in [3.8, 4) is 0 Å². The van der Waals surface area contributed by atoms with Crippen molar-refractivity contribution in [3.63, 3.8) is 0 Å². The van der Waals surface area contributed by atoms with Crippen LogP contribution < -0.4 is 0 Å². The maximum absolute atomic E-state index is 12.3. The second-order valence-electron chi connectivity index (χ2n) is 6.37. The third-order valence-electron chi connectivity index (χ3n) is 4.43. The van der Waals surface area contributed by atoms with Gasteiger partial charge in [-0.3, -0.25) is 14.4 Å². The number of carbonyl (C=O) groups excluding carboxylic acids is 1. The maximum atomic E-state index is 12.3. The molecule has 0 saturated carbocycles. The number of carbonyl (C=O) groups is 2. The molecule has 0 atom stereocenters. The lowest BCUT2D eigenvalue weighted by Crippen LogP contribution is -2.49. The minimum atomic E-state index is -1.04. The van der Waals surface area contributed by atoms with Gasteiger partial charge in [0, 0.05) is 38.9 Å². The van der Waals surface area contributed by atoms with Gasteiger partial charge in [-0.1, -0.05) is 29.8 Å². The third-order valence-corrected chi connectivity index (χ3v) is 4.43. The highest BCUT2D eigenvalue weighted by molar-refractivity contribution is 5.87. The van der Waals surface area contributed by atoms with Gasteiger partial charge in [-0.15, -0.1) is 0 Å². The molecule has 1 N–H and O–H groups in total. The van der Waals surface area contributed by atoms with E-state index < -0.39 is 5.97 Å². The predicted molar refractivity (Wildman–Crippen MR) is 92.2 cm³/mol. The third kappa shape index (κ3) is 4.45. The fourth-order valence-corrected chi connectivity index (χ4v) is 2.91. The minimum absolute atomic E-state index is 0.0324. The molecule has 1 fully saturated rings. The molecule has 2 aromatic rings. The van der Waals surface area contributed by atoms with Crippen molar-refractivity contribution >= 4 is 11.9 Å². The van der Waals surface area contributed by atoms with E-state index in [1.807, 2.05) is 4.90 Å². The molecule has 0 bridgehead atoms. The summed E-state index contributed by atoms with van der Waals surface area (Å²) >= 11 is 0. The molecule has 7 nitrogen and oxygen atoms in total. The molecule has 1 amide bonds. The number of aryl methyl sites for hydroxylation is 1. The Balaban J connectivity index is 1.48. The van der Waals surface area contributed by atoms with E-state index in [2.05, 4.69) is 41.2 Å². The van der Waals surface area contributed by atoms with Gasteiger partial charge in [0.1, 0.15) is 6.54 Å². The Labute approximate surface area is 146 Å². The lowest BCUT2D eigenvalue weighted by molar-refractivity contribution is -0.133. The minimum Gasteiger partial charge on any atom is -0.478 e. The standard InChI is InChI=1S/C18H22N4O3/c1-14-2-4-15(5-3-14)11-20-6-8-21(9-7-20)17(23)13-22-12-16(10-19-22)18(24)25/h2-5,10,12H,6-9,11,13H2,1H3,(H,24,25). The van der Waals surface area contributed by atoms with E-state index >= 15 is 0 Å². The first-order chi connectivity index (χ1) is 12.0. The summed E-state index contributed by atoms with van der Waals surface area (Å²) in [5.41, 5.74) is 2.63. The molecule has 25 heavy (non-hydrogen) atoms. The van der Waals surface area contributed by atoms with Gasteiger partial charge in [0.25, 0.3) is 0 Å². The highest BCUT2D eigenvalue weighted by Crippen LogP contribution is 2.10. The fraction of sp³-hybridized carbons (Fsp3) is 0.389. The molecule has 0 radical (unpaired) electrons. The van der Waals surface area contributed by atoms with Crippen LogP contribution in [0.25, 0.3) is 0 Å². The monoisotopic (exact) mass is 342 g/mol. The Hall–Kier alpha value is -2.67.